The third kappa shape index (κ3) is 6.34. The summed E-state index contributed by atoms with van der Waals surface area (Å²) >= 11 is 4.69. The van der Waals surface area contributed by atoms with Crippen LogP contribution in [-0.4, -0.2) is 29.4 Å². The average molecular weight is 245 g/mol. The second kappa shape index (κ2) is 7.16. The summed E-state index contributed by atoms with van der Waals surface area (Å²) in [5, 5.41) is 5.33. The zero-order valence-electron chi connectivity index (χ0n) is 9.87. The van der Waals surface area contributed by atoms with Gasteiger partial charge in [0.25, 0.3) is 0 Å². The number of amides is 2. The van der Waals surface area contributed by atoms with E-state index in [0.29, 0.717) is 6.54 Å². The van der Waals surface area contributed by atoms with Crippen LogP contribution in [0.3, 0.4) is 0 Å². The molecular weight excluding hydrogens is 226 g/mol. The molecule has 0 spiro atoms. The van der Waals surface area contributed by atoms with Crippen molar-refractivity contribution < 1.29 is 9.59 Å². The van der Waals surface area contributed by atoms with Crippen LogP contribution in [-0.2, 0) is 9.59 Å². The molecule has 0 aliphatic heterocycles. The Hall–Kier alpha value is -1.17. The highest BCUT2D eigenvalue weighted by Crippen LogP contribution is 1.94. The molecule has 0 radical (unpaired) electrons. The van der Waals surface area contributed by atoms with Crippen LogP contribution in [0.4, 0.5) is 0 Å². The van der Waals surface area contributed by atoms with Gasteiger partial charge < -0.3 is 16.4 Å². The van der Waals surface area contributed by atoms with Crippen molar-refractivity contribution in [2.24, 2.45) is 11.7 Å². The van der Waals surface area contributed by atoms with Crippen molar-refractivity contribution in [3.05, 3.63) is 0 Å². The van der Waals surface area contributed by atoms with Gasteiger partial charge in [0.15, 0.2) is 0 Å². The van der Waals surface area contributed by atoms with Gasteiger partial charge in [0.2, 0.25) is 11.8 Å². The minimum absolute atomic E-state index is 0.0849. The average Bonchev–Trinajstić information content (AvgIpc) is 2.14. The maximum Gasteiger partial charge on any atom is 0.229 e. The Morgan fingerprint density at radius 1 is 1.31 bits per heavy atom. The second-order valence-corrected chi connectivity index (χ2v) is 4.36. The Kier molecular flexibility index (Phi) is 6.64. The fourth-order valence-corrected chi connectivity index (χ4v) is 1.08. The van der Waals surface area contributed by atoms with Crippen LogP contribution in [0.25, 0.3) is 0 Å². The van der Waals surface area contributed by atoms with E-state index in [2.05, 4.69) is 10.6 Å². The smallest absolute Gasteiger partial charge is 0.229 e. The number of hydrogen-bond acceptors (Lipinski definition) is 3. The van der Waals surface area contributed by atoms with Crippen molar-refractivity contribution >= 4 is 29.0 Å². The lowest BCUT2D eigenvalue weighted by atomic mass is 10.1. The van der Waals surface area contributed by atoms with Crippen LogP contribution < -0.4 is 16.4 Å². The van der Waals surface area contributed by atoms with Crippen molar-refractivity contribution in [1.82, 2.24) is 10.6 Å². The molecule has 4 N–H and O–H groups in total. The van der Waals surface area contributed by atoms with Crippen molar-refractivity contribution in [2.45, 2.75) is 33.2 Å². The summed E-state index contributed by atoms with van der Waals surface area (Å²) in [6, 6.07) is 0.110. The fraction of sp³-hybridized carbons (Fsp3) is 0.700. The molecule has 5 nitrogen and oxygen atoms in total. The summed E-state index contributed by atoms with van der Waals surface area (Å²) in [7, 11) is 0. The predicted octanol–water partition coefficient (Wildman–Crippen LogP) is -0.0605. The van der Waals surface area contributed by atoms with E-state index in [1.165, 1.54) is 0 Å². The van der Waals surface area contributed by atoms with Gasteiger partial charge in [-0.2, -0.15) is 0 Å². The van der Waals surface area contributed by atoms with Crippen molar-refractivity contribution in [2.75, 3.05) is 6.54 Å². The lowest BCUT2D eigenvalue weighted by molar-refractivity contribution is -0.123. The Labute approximate surface area is 101 Å². The van der Waals surface area contributed by atoms with Crippen LogP contribution in [0.1, 0.15) is 27.2 Å². The molecule has 0 saturated heterocycles. The van der Waals surface area contributed by atoms with Crippen LogP contribution in [0.15, 0.2) is 0 Å². The normalized spacial score (nSPS) is 12.0. The highest BCUT2D eigenvalue weighted by Gasteiger charge is 2.15. The summed E-state index contributed by atoms with van der Waals surface area (Å²) in [5.74, 6) is -0.828. The second-order valence-electron chi connectivity index (χ2n) is 3.89. The van der Waals surface area contributed by atoms with Crippen LogP contribution >= 0.6 is 12.2 Å². The first-order valence-electron chi connectivity index (χ1n) is 5.21. The van der Waals surface area contributed by atoms with Gasteiger partial charge in [-0.25, -0.2) is 0 Å². The van der Waals surface area contributed by atoms with E-state index < -0.39 is 5.92 Å². The van der Waals surface area contributed by atoms with Gasteiger partial charge in [-0.15, -0.1) is 0 Å². The molecule has 0 aromatic heterocycles. The summed E-state index contributed by atoms with van der Waals surface area (Å²) in [6.07, 6.45) is 0.258. The van der Waals surface area contributed by atoms with E-state index >= 15 is 0 Å². The largest absolute Gasteiger partial charge is 0.393 e. The van der Waals surface area contributed by atoms with Crippen molar-refractivity contribution in [3.63, 3.8) is 0 Å². The first-order chi connectivity index (χ1) is 7.34. The Morgan fingerprint density at radius 3 is 2.31 bits per heavy atom. The number of carbonyl (C=O) groups excluding carboxylic acids is 2. The molecule has 0 aromatic carbocycles. The lowest BCUT2D eigenvalue weighted by Gasteiger charge is -2.11. The van der Waals surface area contributed by atoms with Gasteiger partial charge in [0, 0.05) is 19.0 Å². The topological polar surface area (TPSA) is 84.2 Å². The molecule has 2 amide bonds. The molecular formula is C10H19N3O2S. The Balaban J connectivity index is 3.78. The van der Waals surface area contributed by atoms with Gasteiger partial charge >= 0.3 is 0 Å². The van der Waals surface area contributed by atoms with Gasteiger partial charge in [0.05, 0.1) is 10.9 Å². The van der Waals surface area contributed by atoms with Gasteiger partial charge in [-0.1, -0.05) is 12.2 Å². The SMILES string of the molecule is CC(C)NC(=O)CCNC(=O)C(C)C(N)=S. The maximum atomic E-state index is 11.4. The molecule has 0 aliphatic rings. The Morgan fingerprint density at radius 2 is 1.88 bits per heavy atom. The van der Waals surface area contributed by atoms with E-state index in [1.54, 1.807) is 6.92 Å². The number of nitrogens with one attached hydrogen (secondary N) is 2. The molecule has 16 heavy (non-hydrogen) atoms. The molecule has 1 atom stereocenters. The number of carbonyl (C=O) groups is 2. The maximum absolute atomic E-state index is 11.4. The van der Waals surface area contributed by atoms with Crippen LogP contribution in [0.2, 0.25) is 0 Å². The zero-order chi connectivity index (χ0) is 12.7. The molecule has 92 valence electrons. The van der Waals surface area contributed by atoms with E-state index in [-0.39, 0.29) is 29.3 Å². The van der Waals surface area contributed by atoms with Gasteiger partial charge in [-0.3, -0.25) is 9.59 Å². The van der Waals surface area contributed by atoms with E-state index in [9.17, 15) is 9.59 Å². The molecule has 6 heteroatoms. The minimum Gasteiger partial charge on any atom is -0.393 e. The van der Waals surface area contributed by atoms with Crippen LogP contribution in [0.5, 0.6) is 0 Å². The highest BCUT2D eigenvalue weighted by atomic mass is 32.1. The zero-order valence-corrected chi connectivity index (χ0v) is 10.7. The standard InChI is InChI=1S/C10H19N3O2S/c1-6(2)13-8(14)4-5-12-10(15)7(3)9(11)16/h6-7H,4-5H2,1-3H3,(H2,11,16)(H,12,15)(H,13,14). The predicted molar refractivity (Wildman–Crippen MR) is 66.9 cm³/mol. The van der Waals surface area contributed by atoms with E-state index in [0.717, 1.165) is 0 Å². The summed E-state index contributed by atoms with van der Waals surface area (Å²) in [5.41, 5.74) is 5.33. The fourth-order valence-electron chi connectivity index (χ4n) is 0.976. The molecule has 0 bridgehead atoms. The summed E-state index contributed by atoms with van der Waals surface area (Å²) < 4.78 is 0. The first kappa shape index (κ1) is 14.8. The number of nitrogens with two attached hydrogens (primary N) is 1. The lowest BCUT2D eigenvalue weighted by Crippen LogP contribution is -2.38. The highest BCUT2D eigenvalue weighted by molar-refractivity contribution is 7.80. The molecule has 0 fully saturated rings. The van der Waals surface area contributed by atoms with E-state index in [1.807, 2.05) is 13.8 Å². The third-order valence-corrected chi connectivity index (χ3v) is 2.27. The van der Waals surface area contributed by atoms with E-state index in [4.69, 9.17) is 18.0 Å². The molecule has 0 aromatic rings. The Bertz CT molecular complexity index is 279. The van der Waals surface area contributed by atoms with Crippen molar-refractivity contribution in [1.29, 1.82) is 0 Å². The number of thiocarbonyl (C=S) groups is 1. The monoisotopic (exact) mass is 245 g/mol. The van der Waals surface area contributed by atoms with Crippen molar-refractivity contribution in [3.8, 4) is 0 Å². The third-order valence-electron chi connectivity index (χ3n) is 1.92. The summed E-state index contributed by atoms with van der Waals surface area (Å²) in [4.78, 5) is 22.8. The summed E-state index contributed by atoms with van der Waals surface area (Å²) in [6.45, 7) is 5.69. The molecule has 0 heterocycles. The quantitative estimate of drug-likeness (QED) is 0.572. The van der Waals surface area contributed by atoms with Gasteiger partial charge in [-0.05, 0) is 20.8 Å². The first-order valence-corrected chi connectivity index (χ1v) is 5.61. The molecule has 0 rings (SSSR count). The van der Waals surface area contributed by atoms with Crippen LogP contribution in [0, 0.1) is 5.92 Å². The minimum atomic E-state index is -0.497. The molecule has 0 aliphatic carbocycles. The van der Waals surface area contributed by atoms with Gasteiger partial charge in [0.1, 0.15) is 0 Å². The number of hydrogen-bond donors (Lipinski definition) is 3. The molecule has 1 unspecified atom stereocenters. The number of rotatable bonds is 6. The molecule has 0 saturated carbocycles.